The number of benzene rings is 2. The normalized spacial score (nSPS) is 26.3. The Bertz CT molecular complexity index is 820. The van der Waals surface area contributed by atoms with Crippen molar-refractivity contribution < 1.29 is 14.6 Å². The van der Waals surface area contributed by atoms with Crippen LogP contribution in [0.15, 0.2) is 48.5 Å². The monoisotopic (exact) mass is 412 g/mol. The molecule has 0 radical (unpaired) electrons. The maximum atomic E-state index is 10.6. The summed E-state index contributed by atoms with van der Waals surface area (Å²) in [5, 5.41) is 10.6. The van der Waals surface area contributed by atoms with Crippen molar-refractivity contribution in [2.45, 2.75) is 75.5 Å². The van der Waals surface area contributed by atoms with Crippen molar-refractivity contribution in [2.75, 3.05) is 0 Å². The summed E-state index contributed by atoms with van der Waals surface area (Å²) in [4.78, 5) is 0. The Morgan fingerprint density at radius 3 is 2.72 bits per heavy atom. The SMILES string of the molecule is CCC[C@H](O)[C@@H]1O[C@@H]2c3cccc(OCc4ccccc4)c3CC[C@@H]2C(C)(C)S1. The minimum absolute atomic E-state index is 0.0202. The number of ether oxygens (including phenoxy) is 2. The summed E-state index contributed by atoms with van der Waals surface area (Å²) in [6.07, 6.45) is 3.43. The van der Waals surface area contributed by atoms with E-state index < -0.39 is 6.10 Å². The molecule has 1 saturated heterocycles. The molecule has 4 heteroatoms. The van der Waals surface area contributed by atoms with Gasteiger partial charge in [-0.1, -0.05) is 69.7 Å². The minimum atomic E-state index is -0.423. The summed E-state index contributed by atoms with van der Waals surface area (Å²) in [5.74, 6) is 1.41. The molecule has 0 unspecified atom stereocenters. The molecule has 0 spiro atoms. The molecule has 0 bridgehead atoms. The van der Waals surface area contributed by atoms with Gasteiger partial charge in [-0.2, -0.15) is 0 Å². The lowest BCUT2D eigenvalue weighted by Crippen LogP contribution is -2.47. The molecule has 1 fully saturated rings. The molecule has 0 aromatic heterocycles. The Balaban J connectivity index is 1.59. The highest BCUT2D eigenvalue weighted by atomic mass is 32.2. The van der Waals surface area contributed by atoms with Gasteiger partial charge in [0.25, 0.3) is 0 Å². The standard InChI is InChI=1S/C25H32O3S/c1-4-9-21(26)24-28-23-19-12-8-13-22(27-16-17-10-6-5-7-11-17)18(19)14-15-20(23)25(2,3)29-24/h5-8,10-13,20-21,23-24,26H,4,9,14-16H2,1-3H3/t20-,21-,23+,24+/m0/s1. The molecule has 2 aromatic rings. The molecule has 2 aliphatic rings. The van der Waals surface area contributed by atoms with Crippen LogP contribution in [0.3, 0.4) is 0 Å². The van der Waals surface area contributed by atoms with Crippen LogP contribution in [0, 0.1) is 5.92 Å². The molecular formula is C25H32O3S. The molecule has 4 rings (SSSR count). The first-order valence-corrected chi connectivity index (χ1v) is 11.7. The van der Waals surface area contributed by atoms with Crippen molar-refractivity contribution >= 4 is 11.8 Å². The van der Waals surface area contributed by atoms with Crippen LogP contribution in [0.4, 0.5) is 0 Å². The Morgan fingerprint density at radius 2 is 1.97 bits per heavy atom. The maximum Gasteiger partial charge on any atom is 0.130 e. The zero-order chi connectivity index (χ0) is 20.4. The van der Waals surface area contributed by atoms with Gasteiger partial charge in [0.2, 0.25) is 0 Å². The van der Waals surface area contributed by atoms with Gasteiger partial charge in [-0.25, -0.2) is 0 Å². The lowest BCUT2D eigenvalue weighted by molar-refractivity contribution is -0.0805. The van der Waals surface area contributed by atoms with Gasteiger partial charge >= 0.3 is 0 Å². The molecule has 4 atom stereocenters. The van der Waals surface area contributed by atoms with Crippen LogP contribution >= 0.6 is 11.8 Å². The third-order valence-corrected chi connectivity index (χ3v) is 7.84. The van der Waals surface area contributed by atoms with Crippen molar-refractivity contribution in [3.63, 3.8) is 0 Å². The van der Waals surface area contributed by atoms with Crippen molar-refractivity contribution in [3.8, 4) is 5.75 Å². The second-order valence-corrected chi connectivity index (χ2v) is 10.5. The molecule has 1 aliphatic heterocycles. The van der Waals surface area contributed by atoms with E-state index in [4.69, 9.17) is 9.47 Å². The summed E-state index contributed by atoms with van der Waals surface area (Å²) in [7, 11) is 0. The number of thioether (sulfide) groups is 1. The number of hydrogen-bond donors (Lipinski definition) is 1. The average Bonchev–Trinajstić information content (AvgIpc) is 2.72. The fourth-order valence-corrected chi connectivity index (χ4v) is 6.18. The fourth-order valence-electron chi connectivity index (χ4n) is 4.70. The molecule has 0 amide bonds. The predicted octanol–water partition coefficient (Wildman–Crippen LogP) is 5.90. The largest absolute Gasteiger partial charge is 0.489 e. The molecule has 1 N–H and O–H groups in total. The second-order valence-electron chi connectivity index (χ2n) is 8.75. The van der Waals surface area contributed by atoms with E-state index in [0.29, 0.717) is 12.5 Å². The van der Waals surface area contributed by atoms with Crippen LogP contribution in [0.1, 0.15) is 62.8 Å². The van der Waals surface area contributed by atoms with Gasteiger partial charge < -0.3 is 14.6 Å². The summed E-state index contributed by atoms with van der Waals surface area (Å²) in [5.41, 5.74) is 3.52. The van der Waals surface area contributed by atoms with Crippen molar-refractivity contribution in [1.82, 2.24) is 0 Å². The van der Waals surface area contributed by atoms with E-state index in [-0.39, 0.29) is 16.3 Å². The summed E-state index contributed by atoms with van der Waals surface area (Å²) in [6.45, 7) is 7.30. The number of rotatable bonds is 6. The molecule has 156 valence electrons. The molecule has 2 aromatic carbocycles. The van der Waals surface area contributed by atoms with Crippen LogP contribution in [-0.4, -0.2) is 21.4 Å². The van der Waals surface area contributed by atoms with Gasteiger partial charge in [-0.3, -0.25) is 0 Å². The lowest BCUT2D eigenvalue weighted by atomic mass is 9.75. The van der Waals surface area contributed by atoms with Gasteiger partial charge in [0.1, 0.15) is 17.8 Å². The van der Waals surface area contributed by atoms with Gasteiger partial charge in [0, 0.05) is 10.7 Å². The van der Waals surface area contributed by atoms with Crippen molar-refractivity contribution in [3.05, 3.63) is 65.2 Å². The number of fused-ring (bicyclic) bond motifs is 3. The highest BCUT2D eigenvalue weighted by molar-refractivity contribution is 8.01. The summed E-state index contributed by atoms with van der Waals surface area (Å²) < 4.78 is 12.8. The Morgan fingerprint density at radius 1 is 1.17 bits per heavy atom. The number of aliphatic hydroxyl groups is 1. The molecule has 29 heavy (non-hydrogen) atoms. The maximum absolute atomic E-state index is 10.6. The van der Waals surface area contributed by atoms with E-state index in [1.54, 1.807) is 11.8 Å². The summed E-state index contributed by atoms with van der Waals surface area (Å²) in [6, 6.07) is 16.6. The van der Waals surface area contributed by atoms with Crippen LogP contribution in [0.2, 0.25) is 0 Å². The minimum Gasteiger partial charge on any atom is -0.489 e. The van der Waals surface area contributed by atoms with Gasteiger partial charge in [0.15, 0.2) is 0 Å². The zero-order valence-electron chi connectivity index (χ0n) is 17.6. The molecule has 0 saturated carbocycles. The first-order chi connectivity index (χ1) is 14.0. The van der Waals surface area contributed by atoms with Crippen LogP contribution in [0.5, 0.6) is 5.75 Å². The Labute approximate surface area is 178 Å². The quantitative estimate of drug-likeness (QED) is 0.641. The highest BCUT2D eigenvalue weighted by Crippen LogP contribution is 2.55. The predicted molar refractivity (Wildman–Crippen MR) is 119 cm³/mol. The van der Waals surface area contributed by atoms with E-state index in [2.05, 4.69) is 51.1 Å². The van der Waals surface area contributed by atoms with Gasteiger partial charge in [-0.15, -0.1) is 11.8 Å². The topological polar surface area (TPSA) is 38.7 Å². The zero-order valence-corrected chi connectivity index (χ0v) is 18.5. The summed E-state index contributed by atoms with van der Waals surface area (Å²) >= 11 is 1.81. The second kappa shape index (κ2) is 8.71. The van der Waals surface area contributed by atoms with E-state index in [0.717, 1.165) is 31.4 Å². The van der Waals surface area contributed by atoms with E-state index in [9.17, 15) is 5.11 Å². The van der Waals surface area contributed by atoms with Crippen molar-refractivity contribution in [2.24, 2.45) is 5.92 Å². The lowest BCUT2D eigenvalue weighted by Gasteiger charge is -2.50. The number of hydrogen-bond acceptors (Lipinski definition) is 4. The smallest absolute Gasteiger partial charge is 0.130 e. The van der Waals surface area contributed by atoms with Crippen LogP contribution < -0.4 is 4.74 Å². The first-order valence-electron chi connectivity index (χ1n) is 10.8. The van der Waals surface area contributed by atoms with Crippen LogP contribution in [0.25, 0.3) is 0 Å². The molecule has 1 heterocycles. The molecule has 1 aliphatic carbocycles. The van der Waals surface area contributed by atoms with Crippen LogP contribution in [-0.2, 0) is 17.8 Å². The third-order valence-electron chi connectivity index (χ3n) is 6.28. The average molecular weight is 413 g/mol. The Hall–Kier alpha value is -1.49. The van der Waals surface area contributed by atoms with E-state index in [1.165, 1.54) is 16.7 Å². The number of aliphatic hydroxyl groups excluding tert-OH is 1. The van der Waals surface area contributed by atoms with E-state index >= 15 is 0 Å². The van der Waals surface area contributed by atoms with E-state index in [1.807, 2.05) is 18.2 Å². The molecule has 3 nitrogen and oxygen atoms in total. The van der Waals surface area contributed by atoms with Gasteiger partial charge in [0.05, 0.1) is 12.2 Å². The van der Waals surface area contributed by atoms with Gasteiger partial charge in [-0.05, 0) is 42.0 Å². The Kier molecular flexibility index (Phi) is 6.24. The highest BCUT2D eigenvalue weighted by Gasteiger charge is 2.48. The third kappa shape index (κ3) is 4.35. The molecular weight excluding hydrogens is 380 g/mol. The first kappa shape index (κ1) is 20.8. The fraction of sp³-hybridized carbons (Fsp3) is 0.520. The van der Waals surface area contributed by atoms with Crippen molar-refractivity contribution in [1.29, 1.82) is 0 Å².